The van der Waals surface area contributed by atoms with Gasteiger partial charge in [-0.05, 0) is 20.3 Å². The molecule has 0 unspecified atom stereocenters. The maximum Gasteiger partial charge on any atom is 0.329 e. The fourth-order valence-corrected chi connectivity index (χ4v) is 1.69. The van der Waals surface area contributed by atoms with Gasteiger partial charge in [0.2, 0.25) is 0 Å². The second kappa shape index (κ2) is 6.20. The van der Waals surface area contributed by atoms with Gasteiger partial charge in [0.15, 0.2) is 0 Å². The maximum absolute atomic E-state index is 11.5. The fraction of sp³-hybridized carbons (Fsp3) is 0.900. The van der Waals surface area contributed by atoms with E-state index in [4.69, 9.17) is 0 Å². The van der Waals surface area contributed by atoms with E-state index in [2.05, 4.69) is 12.2 Å². The fourth-order valence-electron chi connectivity index (χ4n) is 1.22. The Labute approximate surface area is 104 Å². The van der Waals surface area contributed by atoms with Gasteiger partial charge in [-0.15, -0.1) is 0 Å². The molecule has 2 N–H and O–H groups in total. The summed E-state index contributed by atoms with van der Waals surface area (Å²) in [5.74, 6) is 0. The van der Waals surface area contributed by atoms with Gasteiger partial charge < -0.3 is 5.32 Å². The summed E-state index contributed by atoms with van der Waals surface area (Å²) in [5, 5.41) is 2.65. The zero-order valence-corrected chi connectivity index (χ0v) is 12.0. The summed E-state index contributed by atoms with van der Waals surface area (Å²) >= 11 is 0. The molecular formula is C10H23N3O3S. The Morgan fingerprint density at radius 3 is 2.24 bits per heavy atom. The van der Waals surface area contributed by atoms with Crippen LogP contribution in [0.5, 0.6) is 0 Å². The Morgan fingerprint density at radius 2 is 1.82 bits per heavy atom. The first-order chi connectivity index (χ1) is 7.60. The van der Waals surface area contributed by atoms with Crippen LogP contribution in [0.25, 0.3) is 0 Å². The molecule has 0 aliphatic rings. The van der Waals surface area contributed by atoms with Crippen molar-refractivity contribution in [2.75, 3.05) is 14.1 Å². The first-order valence-corrected chi connectivity index (χ1v) is 7.07. The summed E-state index contributed by atoms with van der Waals surface area (Å²) < 4.78 is 25.7. The lowest BCUT2D eigenvalue weighted by Crippen LogP contribution is -2.51. The predicted octanol–water partition coefficient (Wildman–Crippen LogP) is 1.06. The molecular weight excluding hydrogens is 242 g/mol. The van der Waals surface area contributed by atoms with Gasteiger partial charge in [-0.2, -0.15) is 12.7 Å². The molecule has 7 heteroatoms. The smallest absolute Gasteiger partial charge is 0.329 e. The highest BCUT2D eigenvalue weighted by molar-refractivity contribution is 7.87. The summed E-state index contributed by atoms with van der Waals surface area (Å²) in [6.45, 7) is 5.79. The van der Waals surface area contributed by atoms with Crippen molar-refractivity contribution in [2.45, 2.75) is 45.6 Å². The third-order valence-electron chi connectivity index (χ3n) is 2.31. The number of urea groups is 1. The number of nitrogens with one attached hydrogen (secondary N) is 2. The van der Waals surface area contributed by atoms with Crippen molar-refractivity contribution in [2.24, 2.45) is 0 Å². The van der Waals surface area contributed by atoms with E-state index >= 15 is 0 Å². The molecule has 6 nitrogen and oxygen atoms in total. The number of amides is 2. The Kier molecular flexibility index (Phi) is 5.91. The van der Waals surface area contributed by atoms with Gasteiger partial charge in [-0.3, -0.25) is 0 Å². The van der Waals surface area contributed by atoms with Crippen LogP contribution in [0, 0.1) is 0 Å². The highest BCUT2D eigenvalue weighted by Gasteiger charge is 2.23. The highest BCUT2D eigenvalue weighted by Crippen LogP contribution is 2.12. The molecule has 0 aliphatic carbocycles. The summed E-state index contributed by atoms with van der Waals surface area (Å²) in [7, 11) is -1.00. The number of nitrogens with zero attached hydrogens (tertiary/aromatic N) is 1. The van der Waals surface area contributed by atoms with E-state index in [-0.39, 0.29) is 0 Å². The van der Waals surface area contributed by atoms with Crippen LogP contribution in [-0.2, 0) is 10.2 Å². The molecule has 0 heterocycles. The first-order valence-electron chi connectivity index (χ1n) is 5.63. The quantitative estimate of drug-likeness (QED) is 0.753. The van der Waals surface area contributed by atoms with Crippen LogP contribution in [0.3, 0.4) is 0 Å². The molecule has 0 radical (unpaired) electrons. The Balaban J connectivity index is 4.37. The maximum atomic E-state index is 11.5. The second-order valence-electron chi connectivity index (χ2n) is 4.83. The zero-order chi connectivity index (χ0) is 13.7. The Morgan fingerprint density at radius 1 is 1.29 bits per heavy atom. The summed E-state index contributed by atoms with van der Waals surface area (Å²) in [5.41, 5.74) is -0.415. The van der Waals surface area contributed by atoms with E-state index in [1.54, 1.807) is 0 Å². The van der Waals surface area contributed by atoms with E-state index in [9.17, 15) is 13.2 Å². The molecule has 0 saturated carbocycles. The molecule has 0 aromatic heterocycles. The van der Waals surface area contributed by atoms with Gasteiger partial charge in [-0.25, -0.2) is 9.52 Å². The zero-order valence-electron chi connectivity index (χ0n) is 11.2. The lowest BCUT2D eigenvalue weighted by molar-refractivity contribution is 0.232. The van der Waals surface area contributed by atoms with Crippen LogP contribution in [-0.4, -0.2) is 38.4 Å². The summed E-state index contributed by atoms with van der Waals surface area (Å²) in [6.07, 6.45) is 2.81. The third-order valence-corrected chi connectivity index (χ3v) is 3.71. The highest BCUT2D eigenvalue weighted by atomic mass is 32.2. The Bertz CT molecular complexity index is 350. The molecule has 0 rings (SSSR count). The average molecular weight is 265 g/mol. The SMILES string of the molecule is CCCCC(C)(C)NC(=O)NS(=O)(=O)N(C)C. The van der Waals surface area contributed by atoms with Crippen molar-refractivity contribution in [3.63, 3.8) is 0 Å². The van der Waals surface area contributed by atoms with Crippen LogP contribution in [0.4, 0.5) is 4.79 Å². The molecule has 0 bridgehead atoms. The van der Waals surface area contributed by atoms with Crippen LogP contribution < -0.4 is 10.0 Å². The molecule has 102 valence electrons. The van der Waals surface area contributed by atoms with Gasteiger partial charge >= 0.3 is 16.2 Å². The summed E-state index contributed by atoms with van der Waals surface area (Å²) in [4.78, 5) is 11.5. The van der Waals surface area contributed by atoms with Crippen molar-refractivity contribution in [1.29, 1.82) is 0 Å². The van der Waals surface area contributed by atoms with Crippen molar-refractivity contribution in [1.82, 2.24) is 14.3 Å². The number of carbonyl (C=O) groups excluding carboxylic acids is 1. The molecule has 0 aromatic carbocycles. The van der Waals surface area contributed by atoms with E-state index in [1.165, 1.54) is 14.1 Å². The van der Waals surface area contributed by atoms with Crippen LogP contribution in [0.2, 0.25) is 0 Å². The number of carbonyl (C=O) groups is 1. The molecule has 2 amide bonds. The van der Waals surface area contributed by atoms with Gasteiger partial charge in [0.05, 0.1) is 0 Å². The summed E-state index contributed by atoms with van der Waals surface area (Å²) in [6, 6.07) is -0.695. The average Bonchev–Trinajstić information content (AvgIpc) is 2.12. The van der Waals surface area contributed by atoms with E-state index in [0.717, 1.165) is 23.6 Å². The molecule has 0 aromatic rings. The van der Waals surface area contributed by atoms with Crippen LogP contribution >= 0.6 is 0 Å². The van der Waals surface area contributed by atoms with E-state index in [1.807, 2.05) is 18.6 Å². The number of hydrogen-bond donors (Lipinski definition) is 2. The number of unbranched alkanes of at least 4 members (excludes halogenated alkanes) is 1. The van der Waals surface area contributed by atoms with Crippen LogP contribution in [0.1, 0.15) is 40.0 Å². The first kappa shape index (κ1) is 16.2. The molecule has 0 spiro atoms. The van der Waals surface area contributed by atoms with Gasteiger partial charge in [-0.1, -0.05) is 19.8 Å². The van der Waals surface area contributed by atoms with E-state index in [0.29, 0.717) is 0 Å². The lowest BCUT2D eigenvalue weighted by Gasteiger charge is -2.26. The monoisotopic (exact) mass is 265 g/mol. The largest absolute Gasteiger partial charge is 0.332 e. The van der Waals surface area contributed by atoms with Crippen LogP contribution in [0.15, 0.2) is 0 Å². The predicted molar refractivity (Wildman–Crippen MR) is 67.9 cm³/mol. The van der Waals surface area contributed by atoms with Crippen molar-refractivity contribution in [3.8, 4) is 0 Å². The normalized spacial score (nSPS) is 12.6. The molecule has 0 saturated heterocycles. The molecule has 0 aliphatic heterocycles. The van der Waals surface area contributed by atoms with E-state index < -0.39 is 21.8 Å². The van der Waals surface area contributed by atoms with Gasteiger partial charge in [0.1, 0.15) is 0 Å². The Hall–Kier alpha value is -0.820. The molecule has 0 fully saturated rings. The van der Waals surface area contributed by atoms with Gasteiger partial charge in [0, 0.05) is 19.6 Å². The topological polar surface area (TPSA) is 78.5 Å². The second-order valence-corrected chi connectivity index (χ2v) is 6.72. The number of hydrogen-bond acceptors (Lipinski definition) is 3. The minimum atomic E-state index is -3.72. The lowest BCUT2D eigenvalue weighted by atomic mass is 9.98. The standard InChI is InChI=1S/C10H23N3O3S/c1-6-7-8-10(2,3)11-9(14)12-17(15,16)13(4)5/h6-8H2,1-5H3,(H2,11,12,14). The van der Waals surface area contributed by atoms with Crippen molar-refractivity contribution < 1.29 is 13.2 Å². The van der Waals surface area contributed by atoms with Gasteiger partial charge in [0.25, 0.3) is 0 Å². The molecule has 17 heavy (non-hydrogen) atoms. The minimum absolute atomic E-state index is 0.415. The minimum Gasteiger partial charge on any atom is -0.332 e. The van der Waals surface area contributed by atoms with Crippen molar-refractivity contribution in [3.05, 3.63) is 0 Å². The van der Waals surface area contributed by atoms with Crippen molar-refractivity contribution >= 4 is 16.2 Å². The molecule has 0 atom stereocenters. The third kappa shape index (κ3) is 6.48. The number of rotatable bonds is 6.